The lowest BCUT2D eigenvalue weighted by Gasteiger charge is -2.19. The van der Waals surface area contributed by atoms with Gasteiger partial charge in [-0.1, -0.05) is 47.1 Å². The highest BCUT2D eigenvalue weighted by atomic mass is 79.9. The Kier molecular flexibility index (Phi) is 4.77. The number of benzene rings is 1. The number of hydrogen-bond acceptors (Lipinski definition) is 2. The predicted molar refractivity (Wildman–Crippen MR) is 78.6 cm³/mol. The summed E-state index contributed by atoms with van der Waals surface area (Å²) in [4.78, 5) is 1.37. The Morgan fingerprint density at radius 1 is 1.24 bits per heavy atom. The highest BCUT2D eigenvalue weighted by Crippen LogP contribution is 2.30. The van der Waals surface area contributed by atoms with Gasteiger partial charge in [0.25, 0.3) is 0 Å². The molecule has 0 spiro atoms. The van der Waals surface area contributed by atoms with Crippen molar-refractivity contribution in [3.63, 3.8) is 0 Å². The van der Waals surface area contributed by atoms with Gasteiger partial charge in [0.1, 0.15) is 0 Å². The number of nitrogens with one attached hydrogen (secondary N) is 1. The Morgan fingerprint density at radius 2 is 2.06 bits per heavy atom. The third-order valence-corrected chi connectivity index (χ3v) is 4.30. The Bertz CT molecular complexity index is 453. The molecule has 17 heavy (non-hydrogen) atoms. The van der Waals surface area contributed by atoms with E-state index in [2.05, 4.69) is 69.9 Å². The first-order valence-corrected chi connectivity index (χ1v) is 7.51. The van der Waals surface area contributed by atoms with Crippen LogP contribution < -0.4 is 5.32 Å². The van der Waals surface area contributed by atoms with Gasteiger partial charge in [-0.25, -0.2) is 0 Å². The first kappa shape index (κ1) is 12.8. The molecule has 1 heterocycles. The van der Waals surface area contributed by atoms with E-state index >= 15 is 0 Å². The number of hydrogen-bond donors (Lipinski definition) is 1. The van der Waals surface area contributed by atoms with Gasteiger partial charge in [-0.05, 0) is 36.0 Å². The van der Waals surface area contributed by atoms with Gasteiger partial charge in [-0.2, -0.15) is 0 Å². The lowest BCUT2D eigenvalue weighted by molar-refractivity contribution is 0.604. The average molecular weight is 310 g/mol. The van der Waals surface area contributed by atoms with Gasteiger partial charge < -0.3 is 5.32 Å². The van der Waals surface area contributed by atoms with Crippen LogP contribution >= 0.6 is 27.3 Å². The van der Waals surface area contributed by atoms with E-state index in [4.69, 9.17) is 0 Å². The van der Waals surface area contributed by atoms with Gasteiger partial charge in [0.05, 0.1) is 6.04 Å². The summed E-state index contributed by atoms with van der Waals surface area (Å²) in [6.45, 7) is 3.22. The van der Waals surface area contributed by atoms with Crippen LogP contribution in [0.25, 0.3) is 0 Å². The highest BCUT2D eigenvalue weighted by molar-refractivity contribution is 9.10. The maximum atomic E-state index is 3.64. The minimum atomic E-state index is 0.297. The van der Waals surface area contributed by atoms with Crippen molar-refractivity contribution >= 4 is 27.3 Å². The van der Waals surface area contributed by atoms with Gasteiger partial charge in [-0.3, -0.25) is 0 Å². The molecule has 0 fully saturated rings. The summed E-state index contributed by atoms with van der Waals surface area (Å²) < 4.78 is 1.17. The van der Waals surface area contributed by atoms with Crippen LogP contribution in [0.2, 0.25) is 0 Å². The first-order valence-electron chi connectivity index (χ1n) is 5.84. The molecular formula is C14H16BrNS. The van der Waals surface area contributed by atoms with E-state index in [1.54, 1.807) is 11.3 Å². The third kappa shape index (κ3) is 3.18. The van der Waals surface area contributed by atoms with Crippen LogP contribution in [0.4, 0.5) is 0 Å². The standard InChI is InChI=1S/C14H16BrNS/c1-2-9-16-14(13-8-5-10-17-13)11-6-3-4-7-12(11)15/h3-8,10,14,16H,2,9H2,1H3. The molecule has 0 aliphatic heterocycles. The molecule has 1 N–H and O–H groups in total. The lowest BCUT2D eigenvalue weighted by atomic mass is 10.1. The van der Waals surface area contributed by atoms with E-state index in [9.17, 15) is 0 Å². The second kappa shape index (κ2) is 6.34. The van der Waals surface area contributed by atoms with Crippen molar-refractivity contribution in [2.45, 2.75) is 19.4 Å². The fourth-order valence-electron chi connectivity index (χ4n) is 1.82. The Labute approximate surface area is 115 Å². The molecule has 0 saturated carbocycles. The summed E-state index contributed by atoms with van der Waals surface area (Å²) in [5.41, 5.74) is 1.31. The molecular weight excluding hydrogens is 294 g/mol. The fraction of sp³-hybridized carbons (Fsp3) is 0.286. The topological polar surface area (TPSA) is 12.0 Å². The summed E-state index contributed by atoms with van der Waals surface area (Å²) in [5, 5.41) is 5.74. The minimum Gasteiger partial charge on any atom is -0.306 e. The summed E-state index contributed by atoms with van der Waals surface area (Å²) >= 11 is 5.44. The van der Waals surface area contributed by atoms with Crippen molar-refractivity contribution in [2.75, 3.05) is 6.54 Å². The summed E-state index contributed by atoms with van der Waals surface area (Å²) in [6, 6.07) is 13.0. The highest BCUT2D eigenvalue weighted by Gasteiger charge is 2.16. The predicted octanol–water partition coefficient (Wildman–Crippen LogP) is 4.60. The van der Waals surface area contributed by atoms with Gasteiger partial charge in [0.2, 0.25) is 0 Å². The Balaban J connectivity index is 2.30. The number of halogens is 1. The largest absolute Gasteiger partial charge is 0.306 e. The molecule has 0 bridgehead atoms. The molecule has 2 rings (SSSR count). The minimum absolute atomic E-state index is 0.297. The van der Waals surface area contributed by atoms with E-state index in [1.165, 1.54) is 14.9 Å². The van der Waals surface area contributed by atoms with Crippen LogP contribution in [-0.2, 0) is 0 Å². The van der Waals surface area contributed by atoms with Crippen LogP contribution in [-0.4, -0.2) is 6.54 Å². The Morgan fingerprint density at radius 3 is 2.71 bits per heavy atom. The normalized spacial score (nSPS) is 12.6. The molecule has 1 nitrogen and oxygen atoms in total. The SMILES string of the molecule is CCCNC(c1cccs1)c1ccccc1Br. The van der Waals surface area contributed by atoms with E-state index in [1.807, 2.05) is 0 Å². The first-order chi connectivity index (χ1) is 8.33. The summed E-state index contributed by atoms with van der Waals surface area (Å²) in [6.07, 6.45) is 1.15. The van der Waals surface area contributed by atoms with E-state index in [0.29, 0.717) is 6.04 Å². The number of thiophene rings is 1. The van der Waals surface area contributed by atoms with Crippen molar-refractivity contribution in [1.82, 2.24) is 5.32 Å². The van der Waals surface area contributed by atoms with Crippen molar-refractivity contribution in [1.29, 1.82) is 0 Å². The molecule has 0 saturated heterocycles. The average Bonchev–Trinajstić information content (AvgIpc) is 2.85. The molecule has 1 aromatic heterocycles. The zero-order valence-electron chi connectivity index (χ0n) is 9.82. The smallest absolute Gasteiger partial charge is 0.0682 e. The molecule has 1 aromatic carbocycles. The van der Waals surface area contributed by atoms with Crippen molar-refractivity contribution in [3.05, 3.63) is 56.7 Å². The summed E-state index contributed by atoms with van der Waals surface area (Å²) in [7, 11) is 0. The van der Waals surface area contributed by atoms with Crippen molar-refractivity contribution in [3.8, 4) is 0 Å². The van der Waals surface area contributed by atoms with E-state index in [0.717, 1.165) is 13.0 Å². The maximum Gasteiger partial charge on any atom is 0.0682 e. The molecule has 3 heteroatoms. The van der Waals surface area contributed by atoms with Crippen molar-refractivity contribution in [2.24, 2.45) is 0 Å². The van der Waals surface area contributed by atoms with Crippen molar-refractivity contribution < 1.29 is 0 Å². The number of rotatable bonds is 5. The van der Waals surface area contributed by atoms with Crippen LogP contribution in [0.15, 0.2) is 46.3 Å². The lowest BCUT2D eigenvalue weighted by Crippen LogP contribution is -2.22. The fourth-order valence-corrected chi connectivity index (χ4v) is 3.15. The zero-order valence-corrected chi connectivity index (χ0v) is 12.2. The molecule has 0 aliphatic carbocycles. The second-order valence-corrected chi connectivity index (χ2v) is 5.76. The van der Waals surface area contributed by atoms with Crippen LogP contribution in [0.3, 0.4) is 0 Å². The summed E-state index contributed by atoms with van der Waals surface area (Å²) in [5.74, 6) is 0. The van der Waals surface area contributed by atoms with Crippen LogP contribution in [0, 0.1) is 0 Å². The van der Waals surface area contributed by atoms with Gasteiger partial charge in [-0.15, -0.1) is 11.3 Å². The van der Waals surface area contributed by atoms with E-state index in [-0.39, 0.29) is 0 Å². The molecule has 0 aliphatic rings. The quantitative estimate of drug-likeness (QED) is 0.851. The second-order valence-electron chi connectivity index (χ2n) is 3.92. The molecule has 90 valence electrons. The van der Waals surface area contributed by atoms with Gasteiger partial charge in [0, 0.05) is 9.35 Å². The maximum absolute atomic E-state index is 3.64. The Hall–Kier alpha value is -0.640. The molecule has 1 atom stereocenters. The zero-order chi connectivity index (χ0) is 12.1. The molecule has 0 radical (unpaired) electrons. The third-order valence-electron chi connectivity index (χ3n) is 2.64. The van der Waals surface area contributed by atoms with Crippen LogP contribution in [0.5, 0.6) is 0 Å². The monoisotopic (exact) mass is 309 g/mol. The molecule has 1 unspecified atom stereocenters. The molecule has 2 aromatic rings. The van der Waals surface area contributed by atoms with Gasteiger partial charge >= 0.3 is 0 Å². The van der Waals surface area contributed by atoms with E-state index < -0.39 is 0 Å². The van der Waals surface area contributed by atoms with Crippen LogP contribution in [0.1, 0.15) is 29.8 Å². The molecule has 0 amide bonds. The van der Waals surface area contributed by atoms with Gasteiger partial charge in [0.15, 0.2) is 0 Å².